The van der Waals surface area contributed by atoms with Crippen molar-refractivity contribution >= 4 is 0 Å². The molecule has 0 aromatic rings. The van der Waals surface area contributed by atoms with Crippen LogP contribution in [0.4, 0.5) is 0 Å². The molecule has 0 radical (unpaired) electrons. The maximum absolute atomic E-state index is 9.80. The number of hydrogen-bond acceptors (Lipinski definition) is 1. The highest BCUT2D eigenvalue weighted by molar-refractivity contribution is 4.95. The molecule has 2 atom stereocenters. The summed E-state index contributed by atoms with van der Waals surface area (Å²) in [6.45, 7) is 8.54. The molecule has 60 valence electrons. The van der Waals surface area contributed by atoms with E-state index in [1.807, 2.05) is 6.92 Å². The summed E-state index contributed by atoms with van der Waals surface area (Å²) in [6.07, 6.45) is 2.10. The van der Waals surface area contributed by atoms with Crippen LogP contribution in [0.15, 0.2) is 0 Å². The minimum atomic E-state index is -0.413. The SMILES string of the molecule is CC1CC(C)(C)CC1(C)O. The largest absolute Gasteiger partial charge is 0.390 e. The summed E-state index contributed by atoms with van der Waals surface area (Å²) in [5.74, 6) is 0.461. The highest BCUT2D eigenvalue weighted by Gasteiger charge is 2.43. The first-order valence-corrected chi connectivity index (χ1v) is 4.06. The van der Waals surface area contributed by atoms with Crippen LogP contribution in [0.25, 0.3) is 0 Å². The van der Waals surface area contributed by atoms with E-state index in [0.717, 1.165) is 12.8 Å². The molecule has 1 N–H and O–H groups in total. The summed E-state index contributed by atoms with van der Waals surface area (Å²) < 4.78 is 0. The lowest BCUT2D eigenvalue weighted by Crippen LogP contribution is -2.27. The molecular weight excluding hydrogens is 124 g/mol. The van der Waals surface area contributed by atoms with Gasteiger partial charge in [-0.3, -0.25) is 0 Å². The molecule has 1 nitrogen and oxygen atoms in total. The molecule has 0 bridgehead atoms. The van der Waals surface area contributed by atoms with Crippen molar-refractivity contribution in [2.45, 2.75) is 46.1 Å². The van der Waals surface area contributed by atoms with Gasteiger partial charge in [0.2, 0.25) is 0 Å². The van der Waals surface area contributed by atoms with Crippen LogP contribution in [-0.2, 0) is 0 Å². The molecular formula is C9H18O. The zero-order valence-electron chi connectivity index (χ0n) is 7.44. The monoisotopic (exact) mass is 142 g/mol. The second-order valence-electron chi connectivity index (χ2n) is 4.80. The van der Waals surface area contributed by atoms with E-state index in [1.165, 1.54) is 0 Å². The van der Waals surface area contributed by atoms with Gasteiger partial charge in [0, 0.05) is 0 Å². The Bertz CT molecular complexity index is 136. The fourth-order valence-electron chi connectivity index (χ4n) is 2.26. The molecule has 2 unspecified atom stereocenters. The van der Waals surface area contributed by atoms with Gasteiger partial charge in [-0.1, -0.05) is 20.8 Å². The van der Waals surface area contributed by atoms with E-state index in [-0.39, 0.29) is 0 Å². The first kappa shape index (κ1) is 8.06. The van der Waals surface area contributed by atoms with E-state index >= 15 is 0 Å². The van der Waals surface area contributed by atoms with Crippen LogP contribution < -0.4 is 0 Å². The van der Waals surface area contributed by atoms with Crippen molar-refractivity contribution in [1.29, 1.82) is 0 Å². The summed E-state index contributed by atoms with van der Waals surface area (Å²) in [7, 11) is 0. The molecule has 0 aromatic carbocycles. The molecule has 1 saturated carbocycles. The van der Waals surface area contributed by atoms with Crippen molar-refractivity contribution in [1.82, 2.24) is 0 Å². The Labute approximate surface area is 63.4 Å². The molecule has 0 spiro atoms. The van der Waals surface area contributed by atoms with Gasteiger partial charge in [-0.2, -0.15) is 0 Å². The van der Waals surface area contributed by atoms with E-state index in [1.54, 1.807) is 0 Å². The zero-order valence-corrected chi connectivity index (χ0v) is 7.44. The van der Waals surface area contributed by atoms with Gasteiger partial charge in [-0.25, -0.2) is 0 Å². The van der Waals surface area contributed by atoms with Crippen LogP contribution in [0.3, 0.4) is 0 Å². The van der Waals surface area contributed by atoms with E-state index in [0.29, 0.717) is 11.3 Å². The molecule has 0 aliphatic heterocycles. The van der Waals surface area contributed by atoms with Crippen molar-refractivity contribution in [3.05, 3.63) is 0 Å². The molecule has 0 saturated heterocycles. The Morgan fingerprint density at radius 3 is 1.90 bits per heavy atom. The van der Waals surface area contributed by atoms with Crippen LogP contribution in [0.1, 0.15) is 40.5 Å². The van der Waals surface area contributed by atoms with Gasteiger partial charge in [0.15, 0.2) is 0 Å². The summed E-state index contributed by atoms with van der Waals surface area (Å²) in [5, 5.41) is 9.80. The van der Waals surface area contributed by atoms with Gasteiger partial charge < -0.3 is 5.11 Å². The topological polar surface area (TPSA) is 20.2 Å². The van der Waals surface area contributed by atoms with Crippen molar-refractivity contribution < 1.29 is 5.11 Å². The molecule has 0 amide bonds. The minimum absolute atomic E-state index is 0.350. The van der Waals surface area contributed by atoms with Gasteiger partial charge in [0.25, 0.3) is 0 Å². The maximum atomic E-state index is 9.80. The summed E-state index contributed by atoms with van der Waals surface area (Å²) in [5.41, 5.74) is -0.0631. The van der Waals surface area contributed by atoms with E-state index in [9.17, 15) is 5.11 Å². The smallest absolute Gasteiger partial charge is 0.0650 e. The highest BCUT2D eigenvalue weighted by atomic mass is 16.3. The third-order valence-corrected chi connectivity index (χ3v) is 2.76. The van der Waals surface area contributed by atoms with E-state index in [2.05, 4.69) is 20.8 Å². The van der Waals surface area contributed by atoms with Crippen LogP contribution in [0.2, 0.25) is 0 Å². The van der Waals surface area contributed by atoms with Crippen LogP contribution >= 0.6 is 0 Å². The van der Waals surface area contributed by atoms with Crippen molar-refractivity contribution in [2.24, 2.45) is 11.3 Å². The first-order chi connectivity index (χ1) is 4.33. The minimum Gasteiger partial charge on any atom is -0.390 e. The summed E-state index contributed by atoms with van der Waals surface area (Å²) >= 11 is 0. The number of aliphatic hydroxyl groups is 1. The molecule has 1 heteroatoms. The van der Waals surface area contributed by atoms with Crippen LogP contribution in [-0.4, -0.2) is 10.7 Å². The van der Waals surface area contributed by atoms with E-state index in [4.69, 9.17) is 0 Å². The van der Waals surface area contributed by atoms with Crippen molar-refractivity contribution in [3.8, 4) is 0 Å². The Morgan fingerprint density at radius 2 is 1.80 bits per heavy atom. The van der Waals surface area contributed by atoms with Gasteiger partial charge in [-0.15, -0.1) is 0 Å². The lowest BCUT2D eigenvalue weighted by molar-refractivity contribution is 0.0231. The third-order valence-electron chi connectivity index (χ3n) is 2.76. The summed E-state index contributed by atoms with van der Waals surface area (Å²) in [6, 6.07) is 0. The second kappa shape index (κ2) is 1.97. The molecule has 0 heterocycles. The second-order valence-corrected chi connectivity index (χ2v) is 4.80. The van der Waals surface area contributed by atoms with Crippen molar-refractivity contribution in [2.75, 3.05) is 0 Å². The molecule has 10 heavy (non-hydrogen) atoms. The predicted octanol–water partition coefficient (Wildman–Crippen LogP) is 2.19. The lowest BCUT2D eigenvalue weighted by Gasteiger charge is -2.22. The van der Waals surface area contributed by atoms with Gasteiger partial charge in [0.1, 0.15) is 0 Å². The zero-order chi connectivity index (χ0) is 7.99. The maximum Gasteiger partial charge on any atom is 0.0650 e. The van der Waals surface area contributed by atoms with Gasteiger partial charge in [0.05, 0.1) is 5.60 Å². The summed E-state index contributed by atoms with van der Waals surface area (Å²) in [4.78, 5) is 0. The van der Waals surface area contributed by atoms with Gasteiger partial charge >= 0.3 is 0 Å². The van der Waals surface area contributed by atoms with Crippen molar-refractivity contribution in [3.63, 3.8) is 0 Å². The average Bonchev–Trinajstić information content (AvgIpc) is 1.73. The fourth-order valence-corrected chi connectivity index (χ4v) is 2.26. The molecule has 1 rings (SSSR count). The fraction of sp³-hybridized carbons (Fsp3) is 1.00. The standard InChI is InChI=1S/C9H18O/c1-7-5-8(2,3)6-9(7,4)10/h7,10H,5-6H2,1-4H3. The Kier molecular flexibility index (Phi) is 1.59. The molecule has 0 aromatic heterocycles. The van der Waals surface area contributed by atoms with Crippen LogP contribution in [0, 0.1) is 11.3 Å². The highest BCUT2D eigenvalue weighted by Crippen LogP contribution is 2.46. The first-order valence-electron chi connectivity index (χ1n) is 4.06. The number of rotatable bonds is 0. The Hall–Kier alpha value is -0.0400. The number of hydrogen-bond donors (Lipinski definition) is 1. The predicted molar refractivity (Wildman–Crippen MR) is 42.8 cm³/mol. The lowest BCUT2D eigenvalue weighted by atomic mass is 9.90. The van der Waals surface area contributed by atoms with E-state index < -0.39 is 5.60 Å². The average molecular weight is 142 g/mol. The normalized spacial score (nSPS) is 45.9. The molecule has 1 aliphatic carbocycles. The molecule has 1 fully saturated rings. The molecule has 1 aliphatic rings. The third kappa shape index (κ3) is 1.34. The van der Waals surface area contributed by atoms with Crippen LogP contribution in [0.5, 0.6) is 0 Å². The Morgan fingerprint density at radius 1 is 1.30 bits per heavy atom. The Balaban J connectivity index is 2.71. The quantitative estimate of drug-likeness (QED) is 0.549. The van der Waals surface area contributed by atoms with Gasteiger partial charge in [-0.05, 0) is 31.1 Å².